The largest absolute Gasteiger partial charge is 0.508 e. The van der Waals surface area contributed by atoms with Crippen LogP contribution in [0.3, 0.4) is 0 Å². The topological polar surface area (TPSA) is 32.3 Å². The summed E-state index contributed by atoms with van der Waals surface area (Å²) in [6, 6.07) is 6.72. The third-order valence-corrected chi connectivity index (χ3v) is 4.18. The lowest BCUT2D eigenvalue weighted by Gasteiger charge is -2.29. The molecule has 2 rings (SSSR count). The molecule has 0 spiro atoms. The SMILES string of the molecule is CSCC(C)NC1CCCc2ccc(O)cc21. The van der Waals surface area contributed by atoms with Gasteiger partial charge in [-0.25, -0.2) is 0 Å². The van der Waals surface area contributed by atoms with Crippen LogP contribution in [0.4, 0.5) is 0 Å². The molecule has 2 unspecified atom stereocenters. The van der Waals surface area contributed by atoms with Crippen molar-refractivity contribution >= 4 is 11.8 Å². The smallest absolute Gasteiger partial charge is 0.115 e. The van der Waals surface area contributed by atoms with Gasteiger partial charge in [0.25, 0.3) is 0 Å². The lowest BCUT2D eigenvalue weighted by Crippen LogP contribution is -2.34. The Kier molecular flexibility index (Phi) is 4.35. The first kappa shape index (κ1) is 12.8. The molecule has 0 amide bonds. The first-order chi connectivity index (χ1) is 8.20. The Hall–Kier alpha value is -0.670. The van der Waals surface area contributed by atoms with E-state index in [4.69, 9.17) is 0 Å². The van der Waals surface area contributed by atoms with Gasteiger partial charge in [-0.3, -0.25) is 0 Å². The summed E-state index contributed by atoms with van der Waals surface area (Å²) in [6.07, 6.45) is 5.69. The Balaban J connectivity index is 2.13. The van der Waals surface area contributed by atoms with Crippen LogP contribution in [-0.2, 0) is 6.42 Å². The van der Waals surface area contributed by atoms with Crippen LogP contribution in [-0.4, -0.2) is 23.2 Å². The molecule has 0 fully saturated rings. The van der Waals surface area contributed by atoms with E-state index in [-0.39, 0.29) is 0 Å². The molecular weight excluding hydrogens is 230 g/mol. The van der Waals surface area contributed by atoms with Gasteiger partial charge < -0.3 is 10.4 Å². The van der Waals surface area contributed by atoms with E-state index >= 15 is 0 Å². The summed E-state index contributed by atoms with van der Waals surface area (Å²) in [4.78, 5) is 0. The molecule has 94 valence electrons. The van der Waals surface area contributed by atoms with Crippen molar-refractivity contribution in [2.24, 2.45) is 0 Å². The quantitative estimate of drug-likeness (QED) is 0.862. The number of hydrogen-bond donors (Lipinski definition) is 2. The Morgan fingerprint density at radius 3 is 3.12 bits per heavy atom. The van der Waals surface area contributed by atoms with Crippen molar-refractivity contribution in [1.29, 1.82) is 0 Å². The molecule has 2 N–H and O–H groups in total. The molecule has 0 radical (unpaired) electrons. The highest BCUT2D eigenvalue weighted by atomic mass is 32.2. The van der Waals surface area contributed by atoms with E-state index in [2.05, 4.69) is 24.6 Å². The molecule has 0 bridgehead atoms. The lowest BCUT2D eigenvalue weighted by molar-refractivity contribution is 0.420. The van der Waals surface area contributed by atoms with Crippen molar-refractivity contribution in [2.45, 2.75) is 38.3 Å². The number of nitrogens with one attached hydrogen (secondary N) is 1. The summed E-state index contributed by atoms with van der Waals surface area (Å²) < 4.78 is 0. The van der Waals surface area contributed by atoms with Gasteiger partial charge in [0.15, 0.2) is 0 Å². The second-order valence-corrected chi connectivity index (χ2v) is 5.76. The van der Waals surface area contributed by atoms with Crippen LogP contribution in [0.25, 0.3) is 0 Å². The van der Waals surface area contributed by atoms with E-state index in [1.165, 1.54) is 24.0 Å². The van der Waals surface area contributed by atoms with Crippen molar-refractivity contribution < 1.29 is 5.11 Å². The summed E-state index contributed by atoms with van der Waals surface area (Å²) in [5.41, 5.74) is 2.69. The number of phenols is 1. The summed E-state index contributed by atoms with van der Waals surface area (Å²) in [7, 11) is 0. The molecule has 1 aliphatic carbocycles. The third kappa shape index (κ3) is 3.17. The number of phenolic OH excluding ortho intramolecular Hbond substituents is 1. The van der Waals surface area contributed by atoms with Crippen molar-refractivity contribution in [3.63, 3.8) is 0 Å². The minimum absolute atomic E-state index is 0.384. The molecule has 1 aromatic rings. The van der Waals surface area contributed by atoms with Gasteiger partial charge in [0.05, 0.1) is 0 Å². The van der Waals surface area contributed by atoms with E-state index < -0.39 is 0 Å². The zero-order chi connectivity index (χ0) is 12.3. The fourth-order valence-electron chi connectivity index (χ4n) is 2.60. The monoisotopic (exact) mass is 251 g/mol. The highest BCUT2D eigenvalue weighted by molar-refractivity contribution is 7.98. The van der Waals surface area contributed by atoms with E-state index in [0.29, 0.717) is 17.8 Å². The van der Waals surface area contributed by atoms with E-state index in [0.717, 1.165) is 12.2 Å². The van der Waals surface area contributed by atoms with E-state index in [9.17, 15) is 5.11 Å². The fourth-order valence-corrected chi connectivity index (χ4v) is 3.20. The normalized spacial score (nSPS) is 20.9. The van der Waals surface area contributed by atoms with Gasteiger partial charge in [-0.2, -0.15) is 11.8 Å². The van der Waals surface area contributed by atoms with Crippen LogP contribution in [0.5, 0.6) is 5.75 Å². The van der Waals surface area contributed by atoms with Crippen LogP contribution in [0.2, 0.25) is 0 Å². The standard InChI is InChI=1S/C14H21NOS/c1-10(9-17-2)15-14-5-3-4-11-6-7-12(16)8-13(11)14/h6-8,10,14-16H,3-5,9H2,1-2H3. The van der Waals surface area contributed by atoms with Gasteiger partial charge >= 0.3 is 0 Å². The molecule has 1 aromatic carbocycles. The molecule has 3 heteroatoms. The zero-order valence-corrected chi connectivity index (χ0v) is 11.4. The van der Waals surface area contributed by atoms with Crippen LogP contribution < -0.4 is 5.32 Å². The molecule has 0 aromatic heterocycles. The minimum Gasteiger partial charge on any atom is -0.508 e. The van der Waals surface area contributed by atoms with E-state index in [1.807, 2.05) is 17.8 Å². The lowest BCUT2D eigenvalue weighted by atomic mass is 9.87. The average molecular weight is 251 g/mol. The number of thioether (sulfide) groups is 1. The van der Waals surface area contributed by atoms with Crippen molar-refractivity contribution in [1.82, 2.24) is 5.32 Å². The molecule has 0 saturated heterocycles. The van der Waals surface area contributed by atoms with Crippen LogP contribution in [0.1, 0.15) is 36.9 Å². The van der Waals surface area contributed by atoms with Crippen molar-refractivity contribution in [3.8, 4) is 5.75 Å². The molecule has 0 aliphatic heterocycles. The molecule has 17 heavy (non-hydrogen) atoms. The molecule has 0 saturated carbocycles. The number of benzene rings is 1. The zero-order valence-electron chi connectivity index (χ0n) is 10.6. The molecular formula is C14H21NOS. The summed E-state index contributed by atoms with van der Waals surface area (Å²) in [5.74, 6) is 1.51. The Labute approximate surface area is 108 Å². The van der Waals surface area contributed by atoms with Crippen LogP contribution in [0.15, 0.2) is 18.2 Å². The van der Waals surface area contributed by atoms with Gasteiger partial charge in [-0.1, -0.05) is 6.07 Å². The maximum absolute atomic E-state index is 9.61. The first-order valence-corrected chi connectivity index (χ1v) is 7.67. The minimum atomic E-state index is 0.384. The van der Waals surface area contributed by atoms with Gasteiger partial charge in [-0.15, -0.1) is 0 Å². The third-order valence-electron chi connectivity index (χ3n) is 3.35. The predicted molar refractivity (Wildman–Crippen MR) is 74.8 cm³/mol. The molecule has 2 nitrogen and oxygen atoms in total. The number of fused-ring (bicyclic) bond motifs is 1. The predicted octanol–water partition coefficient (Wildman–Crippen LogP) is 3.11. The second-order valence-electron chi connectivity index (χ2n) is 4.85. The van der Waals surface area contributed by atoms with E-state index in [1.54, 1.807) is 6.07 Å². The molecule has 0 heterocycles. The van der Waals surface area contributed by atoms with Gasteiger partial charge in [0.2, 0.25) is 0 Å². The molecule has 1 aliphatic rings. The maximum Gasteiger partial charge on any atom is 0.115 e. The Morgan fingerprint density at radius 1 is 1.53 bits per heavy atom. The van der Waals surface area contributed by atoms with Crippen molar-refractivity contribution in [3.05, 3.63) is 29.3 Å². The Morgan fingerprint density at radius 2 is 2.35 bits per heavy atom. The van der Waals surface area contributed by atoms with Gasteiger partial charge in [0.1, 0.15) is 5.75 Å². The highest BCUT2D eigenvalue weighted by Gasteiger charge is 2.21. The Bertz CT molecular complexity index is 380. The van der Waals surface area contributed by atoms with Crippen molar-refractivity contribution in [2.75, 3.05) is 12.0 Å². The summed E-state index contributed by atoms with van der Waals surface area (Å²) in [5, 5.41) is 13.3. The number of aryl methyl sites for hydroxylation is 1. The fraction of sp³-hybridized carbons (Fsp3) is 0.571. The van der Waals surface area contributed by atoms with Gasteiger partial charge in [0, 0.05) is 17.8 Å². The summed E-state index contributed by atoms with van der Waals surface area (Å²) >= 11 is 1.87. The van der Waals surface area contributed by atoms with Crippen LogP contribution >= 0.6 is 11.8 Å². The van der Waals surface area contributed by atoms with Crippen LogP contribution in [0, 0.1) is 0 Å². The highest BCUT2D eigenvalue weighted by Crippen LogP contribution is 2.32. The molecule has 2 atom stereocenters. The number of hydrogen-bond acceptors (Lipinski definition) is 3. The van der Waals surface area contributed by atoms with Gasteiger partial charge in [-0.05, 0) is 55.7 Å². The number of aromatic hydroxyl groups is 1. The first-order valence-electron chi connectivity index (χ1n) is 6.27. The summed E-state index contributed by atoms with van der Waals surface area (Å²) in [6.45, 7) is 2.23. The number of rotatable bonds is 4. The average Bonchev–Trinajstić information content (AvgIpc) is 2.30. The maximum atomic E-state index is 9.61. The second kappa shape index (κ2) is 5.78.